The normalized spacial score (nSPS) is 19.1. The van der Waals surface area contributed by atoms with Gasteiger partial charge in [-0.05, 0) is 61.3 Å². The van der Waals surface area contributed by atoms with E-state index in [1.54, 1.807) is 6.07 Å². The zero-order valence-corrected chi connectivity index (χ0v) is 12.3. The average molecular weight is 284 g/mol. The van der Waals surface area contributed by atoms with Crippen molar-refractivity contribution in [2.75, 3.05) is 0 Å². The molecule has 0 fully saturated rings. The summed E-state index contributed by atoms with van der Waals surface area (Å²) in [5, 5.41) is 10.4. The van der Waals surface area contributed by atoms with Crippen LogP contribution in [0.2, 0.25) is 0 Å². The predicted molar refractivity (Wildman–Crippen MR) is 82.8 cm³/mol. The lowest BCUT2D eigenvalue weighted by molar-refractivity contribution is 0.150. The van der Waals surface area contributed by atoms with Crippen molar-refractivity contribution in [1.29, 1.82) is 0 Å². The van der Waals surface area contributed by atoms with Crippen molar-refractivity contribution in [1.82, 2.24) is 0 Å². The molecule has 0 amide bonds. The van der Waals surface area contributed by atoms with E-state index in [0.717, 1.165) is 24.8 Å². The lowest BCUT2D eigenvalue weighted by atomic mass is 9.79. The molecule has 0 radical (unpaired) electrons. The first-order valence-corrected chi connectivity index (χ1v) is 7.67. The third kappa shape index (κ3) is 3.01. The van der Waals surface area contributed by atoms with Gasteiger partial charge in [0.2, 0.25) is 0 Å². The van der Waals surface area contributed by atoms with Gasteiger partial charge in [0.1, 0.15) is 5.82 Å². The van der Waals surface area contributed by atoms with Crippen molar-refractivity contribution in [2.45, 2.75) is 44.6 Å². The maximum absolute atomic E-state index is 14.0. The second kappa shape index (κ2) is 5.98. The van der Waals surface area contributed by atoms with E-state index in [0.29, 0.717) is 17.9 Å². The van der Waals surface area contributed by atoms with E-state index in [1.165, 1.54) is 17.2 Å². The molecule has 0 aromatic heterocycles. The van der Waals surface area contributed by atoms with Crippen LogP contribution in [0.5, 0.6) is 0 Å². The molecule has 0 bridgehead atoms. The molecule has 2 heteroatoms. The van der Waals surface area contributed by atoms with Gasteiger partial charge in [0.05, 0.1) is 6.10 Å². The predicted octanol–water partition coefficient (Wildman–Crippen LogP) is 4.68. The molecule has 1 aliphatic carbocycles. The highest BCUT2D eigenvalue weighted by atomic mass is 19.1. The van der Waals surface area contributed by atoms with Crippen LogP contribution in [0.15, 0.2) is 42.5 Å². The van der Waals surface area contributed by atoms with Crippen LogP contribution < -0.4 is 0 Å². The molecular formula is C19H21FO. The molecule has 0 saturated carbocycles. The minimum absolute atomic E-state index is 0.299. The van der Waals surface area contributed by atoms with E-state index in [4.69, 9.17) is 0 Å². The van der Waals surface area contributed by atoms with Gasteiger partial charge in [-0.15, -0.1) is 0 Å². The minimum atomic E-state index is -0.734. The van der Waals surface area contributed by atoms with Crippen molar-refractivity contribution in [3.63, 3.8) is 0 Å². The number of benzene rings is 2. The molecule has 110 valence electrons. The van der Waals surface area contributed by atoms with E-state index >= 15 is 0 Å². The number of hydrogen-bond acceptors (Lipinski definition) is 1. The number of aliphatic hydroxyl groups excluding tert-OH is 1. The molecule has 3 rings (SSSR count). The molecule has 1 aliphatic rings. The minimum Gasteiger partial charge on any atom is -0.388 e. The first kappa shape index (κ1) is 14.3. The first-order chi connectivity index (χ1) is 10.1. The van der Waals surface area contributed by atoms with E-state index < -0.39 is 6.10 Å². The fraction of sp³-hybridized carbons (Fsp3) is 0.368. The molecule has 1 nitrogen and oxygen atoms in total. The van der Waals surface area contributed by atoms with Crippen LogP contribution >= 0.6 is 0 Å². The van der Waals surface area contributed by atoms with Crippen LogP contribution in [-0.4, -0.2) is 5.11 Å². The molecule has 2 aromatic carbocycles. The van der Waals surface area contributed by atoms with Crippen molar-refractivity contribution in [3.05, 3.63) is 70.5 Å². The molecule has 21 heavy (non-hydrogen) atoms. The van der Waals surface area contributed by atoms with Crippen LogP contribution in [0.3, 0.4) is 0 Å². The second-order valence-electron chi connectivity index (χ2n) is 6.06. The Labute approximate surface area is 125 Å². The van der Waals surface area contributed by atoms with Gasteiger partial charge in [0.15, 0.2) is 0 Å². The standard InChI is InChI=1S/C19H21FO/c1-13-9-10-17(18(20)11-13)19(21)12-15-7-4-6-14-5-2-3-8-16(14)15/h2-3,5,8-11,15,19,21H,4,6-7,12H2,1H3. The Bertz CT molecular complexity index is 635. The Kier molecular flexibility index (Phi) is 4.07. The van der Waals surface area contributed by atoms with Crippen molar-refractivity contribution in [3.8, 4) is 0 Å². The molecular weight excluding hydrogens is 263 g/mol. The van der Waals surface area contributed by atoms with Gasteiger partial charge < -0.3 is 5.11 Å². The molecule has 1 N–H and O–H groups in total. The highest BCUT2D eigenvalue weighted by Gasteiger charge is 2.24. The molecule has 0 aliphatic heterocycles. The van der Waals surface area contributed by atoms with Crippen LogP contribution in [-0.2, 0) is 6.42 Å². The topological polar surface area (TPSA) is 20.2 Å². The Balaban J connectivity index is 1.81. The summed E-state index contributed by atoms with van der Waals surface area (Å²) < 4.78 is 14.0. The Morgan fingerprint density at radius 2 is 2.05 bits per heavy atom. The zero-order valence-electron chi connectivity index (χ0n) is 12.3. The number of rotatable bonds is 3. The summed E-state index contributed by atoms with van der Waals surface area (Å²) >= 11 is 0. The number of fused-ring (bicyclic) bond motifs is 1. The number of hydrogen-bond donors (Lipinski definition) is 1. The van der Waals surface area contributed by atoms with Crippen LogP contribution in [0.1, 0.15) is 53.5 Å². The molecule has 0 spiro atoms. The molecule has 2 atom stereocenters. The fourth-order valence-corrected chi connectivity index (χ4v) is 3.40. The SMILES string of the molecule is Cc1ccc(C(O)CC2CCCc3ccccc32)c(F)c1. The van der Waals surface area contributed by atoms with Gasteiger partial charge in [-0.1, -0.05) is 36.4 Å². The number of aliphatic hydroxyl groups is 1. The van der Waals surface area contributed by atoms with E-state index in [2.05, 4.69) is 24.3 Å². The Morgan fingerprint density at radius 1 is 1.24 bits per heavy atom. The largest absolute Gasteiger partial charge is 0.388 e. The molecule has 0 heterocycles. The fourth-order valence-electron chi connectivity index (χ4n) is 3.40. The number of halogens is 1. The zero-order chi connectivity index (χ0) is 14.8. The molecule has 2 aromatic rings. The average Bonchev–Trinajstić information content (AvgIpc) is 2.47. The first-order valence-electron chi connectivity index (χ1n) is 7.67. The van der Waals surface area contributed by atoms with Crippen LogP contribution in [0, 0.1) is 12.7 Å². The lowest BCUT2D eigenvalue weighted by Gasteiger charge is -2.27. The van der Waals surface area contributed by atoms with Gasteiger partial charge in [0.25, 0.3) is 0 Å². The summed E-state index contributed by atoms with van der Waals surface area (Å²) in [5.41, 5.74) is 4.01. The van der Waals surface area contributed by atoms with Gasteiger partial charge in [0, 0.05) is 5.56 Å². The molecule has 0 saturated heterocycles. The van der Waals surface area contributed by atoms with Crippen LogP contribution in [0.4, 0.5) is 4.39 Å². The van der Waals surface area contributed by atoms with Crippen molar-refractivity contribution < 1.29 is 9.50 Å². The summed E-state index contributed by atoms with van der Waals surface area (Å²) in [6.45, 7) is 1.86. The van der Waals surface area contributed by atoms with Gasteiger partial charge >= 0.3 is 0 Å². The van der Waals surface area contributed by atoms with Gasteiger partial charge in [-0.2, -0.15) is 0 Å². The summed E-state index contributed by atoms with van der Waals surface area (Å²) in [6.07, 6.45) is 3.19. The van der Waals surface area contributed by atoms with Crippen LogP contribution in [0.25, 0.3) is 0 Å². The second-order valence-corrected chi connectivity index (χ2v) is 6.06. The van der Waals surface area contributed by atoms with Gasteiger partial charge in [-0.25, -0.2) is 4.39 Å². The van der Waals surface area contributed by atoms with E-state index in [1.807, 2.05) is 13.0 Å². The third-order valence-electron chi connectivity index (χ3n) is 4.52. The van der Waals surface area contributed by atoms with E-state index in [9.17, 15) is 9.50 Å². The Morgan fingerprint density at radius 3 is 2.86 bits per heavy atom. The number of aryl methyl sites for hydroxylation is 2. The van der Waals surface area contributed by atoms with E-state index in [-0.39, 0.29) is 5.82 Å². The summed E-state index contributed by atoms with van der Waals surface area (Å²) in [7, 11) is 0. The maximum Gasteiger partial charge on any atom is 0.129 e. The monoisotopic (exact) mass is 284 g/mol. The lowest BCUT2D eigenvalue weighted by Crippen LogP contribution is -2.13. The third-order valence-corrected chi connectivity index (χ3v) is 4.52. The quantitative estimate of drug-likeness (QED) is 0.867. The molecule has 2 unspecified atom stereocenters. The maximum atomic E-state index is 14.0. The van der Waals surface area contributed by atoms with Crippen molar-refractivity contribution >= 4 is 0 Å². The highest BCUT2D eigenvalue weighted by Crippen LogP contribution is 2.38. The summed E-state index contributed by atoms with van der Waals surface area (Å²) in [6, 6.07) is 13.5. The van der Waals surface area contributed by atoms with Gasteiger partial charge in [-0.3, -0.25) is 0 Å². The Hall–Kier alpha value is -1.67. The highest BCUT2D eigenvalue weighted by molar-refractivity contribution is 5.33. The summed E-state index contributed by atoms with van der Waals surface area (Å²) in [4.78, 5) is 0. The smallest absolute Gasteiger partial charge is 0.129 e. The summed E-state index contributed by atoms with van der Waals surface area (Å²) in [5.74, 6) is 0.0252. The van der Waals surface area contributed by atoms with Crippen molar-refractivity contribution in [2.24, 2.45) is 0 Å².